The van der Waals surface area contributed by atoms with Crippen LogP contribution in [0.1, 0.15) is 10.4 Å². The lowest BCUT2D eigenvalue weighted by molar-refractivity contribution is 0.102. The fourth-order valence-corrected chi connectivity index (χ4v) is 1.83. The fraction of sp³-hybridized carbons (Fsp3) is 0. The van der Waals surface area contributed by atoms with Crippen LogP contribution < -0.4 is 5.32 Å². The summed E-state index contributed by atoms with van der Waals surface area (Å²) in [6, 6.07) is 7.69. The number of aromatic hydroxyl groups is 1. The second kappa shape index (κ2) is 5.37. The Labute approximate surface area is 117 Å². The van der Waals surface area contributed by atoms with Gasteiger partial charge in [-0.2, -0.15) is 0 Å². The molecule has 0 spiro atoms. The van der Waals surface area contributed by atoms with Crippen molar-refractivity contribution in [1.82, 2.24) is 4.98 Å². The first-order valence-electron chi connectivity index (χ1n) is 4.97. The van der Waals surface area contributed by atoms with Crippen molar-refractivity contribution in [2.24, 2.45) is 0 Å². The summed E-state index contributed by atoms with van der Waals surface area (Å²) in [6.45, 7) is 0. The van der Waals surface area contributed by atoms with Crippen molar-refractivity contribution < 1.29 is 9.90 Å². The highest BCUT2D eigenvalue weighted by Gasteiger charge is 2.10. The average Bonchev–Trinajstić information content (AvgIpc) is 2.34. The molecular formula is C12H8BrClN2O2. The molecule has 1 aromatic carbocycles. The molecule has 1 aromatic heterocycles. The van der Waals surface area contributed by atoms with E-state index in [-0.39, 0.29) is 16.8 Å². The van der Waals surface area contributed by atoms with Gasteiger partial charge in [0.1, 0.15) is 5.75 Å². The topological polar surface area (TPSA) is 62.2 Å². The zero-order valence-corrected chi connectivity index (χ0v) is 11.4. The SMILES string of the molecule is O=C(Nc1cc(Br)cnc1Cl)c1cccc(O)c1. The van der Waals surface area contributed by atoms with Crippen molar-refractivity contribution in [2.75, 3.05) is 5.32 Å². The van der Waals surface area contributed by atoms with Crippen LogP contribution >= 0.6 is 27.5 Å². The van der Waals surface area contributed by atoms with Crippen LogP contribution in [0.2, 0.25) is 5.15 Å². The van der Waals surface area contributed by atoms with Gasteiger partial charge < -0.3 is 10.4 Å². The summed E-state index contributed by atoms with van der Waals surface area (Å²) in [4.78, 5) is 15.8. The fourth-order valence-electron chi connectivity index (χ4n) is 1.35. The minimum absolute atomic E-state index is 0.0288. The maximum atomic E-state index is 11.9. The molecule has 92 valence electrons. The second-order valence-corrected chi connectivity index (χ2v) is 4.77. The minimum atomic E-state index is -0.368. The monoisotopic (exact) mass is 326 g/mol. The lowest BCUT2D eigenvalue weighted by Crippen LogP contribution is -2.12. The van der Waals surface area contributed by atoms with Gasteiger partial charge in [-0.25, -0.2) is 4.98 Å². The summed E-state index contributed by atoms with van der Waals surface area (Å²) in [5.41, 5.74) is 0.741. The Hall–Kier alpha value is -1.59. The summed E-state index contributed by atoms with van der Waals surface area (Å²) in [5.74, 6) is -0.339. The molecule has 0 fully saturated rings. The van der Waals surface area contributed by atoms with Crippen LogP contribution in [0.4, 0.5) is 5.69 Å². The standard InChI is InChI=1S/C12H8BrClN2O2/c13-8-5-10(11(14)15-6-8)16-12(18)7-2-1-3-9(17)4-7/h1-6,17H,(H,16,18). The molecule has 2 N–H and O–H groups in total. The Morgan fingerprint density at radius 3 is 2.89 bits per heavy atom. The predicted octanol–water partition coefficient (Wildman–Crippen LogP) is 3.46. The van der Waals surface area contributed by atoms with Crippen molar-refractivity contribution in [2.45, 2.75) is 0 Å². The molecule has 6 heteroatoms. The van der Waals surface area contributed by atoms with Crippen LogP contribution in [0.3, 0.4) is 0 Å². The summed E-state index contributed by atoms with van der Waals surface area (Å²) in [5, 5.41) is 12.1. The number of aromatic nitrogens is 1. The van der Waals surface area contributed by atoms with Gasteiger partial charge in [0.15, 0.2) is 5.15 Å². The number of carbonyl (C=O) groups excluding carboxylic acids is 1. The molecule has 2 aromatic rings. The normalized spacial score (nSPS) is 10.1. The van der Waals surface area contributed by atoms with Gasteiger partial charge in [-0.05, 0) is 40.2 Å². The van der Waals surface area contributed by atoms with E-state index in [2.05, 4.69) is 26.2 Å². The molecule has 4 nitrogen and oxygen atoms in total. The number of amides is 1. The van der Waals surface area contributed by atoms with Crippen molar-refractivity contribution in [1.29, 1.82) is 0 Å². The molecule has 0 radical (unpaired) electrons. The number of hydrogen-bond donors (Lipinski definition) is 2. The van der Waals surface area contributed by atoms with Gasteiger partial charge in [0.2, 0.25) is 0 Å². The number of benzene rings is 1. The number of pyridine rings is 1. The first kappa shape index (κ1) is 12.9. The zero-order chi connectivity index (χ0) is 13.1. The van der Waals surface area contributed by atoms with E-state index in [1.54, 1.807) is 18.2 Å². The van der Waals surface area contributed by atoms with E-state index in [1.807, 2.05) is 0 Å². The van der Waals surface area contributed by atoms with Gasteiger partial charge in [0.25, 0.3) is 5.91 Å². The van der Waals surface area contributed by atoms with E-state index in [9.17, 15) is 9.90 Å². The van der Waals surface area contributed by atoms with E-state index >= 15 is 0 Å². The van der Waals surface area contributed by atoms with Crippen molar-refractivity contribution in [3.63, 3.8) is 0 Å². The maximum Gasteiger partial charge on any atom is 0.255 e. The molecule has 0 aliphatic heterocycles. The lowest BCUT2D eigenvalue weighted by atomic mass is 10.2. The zero-order valence-electron chi connectivity index (χ0n) is 9.02. The van der Waals surface area contributed by atoms with Crippen molar-refractivity contribution in [3.05, 3.63) is 51.7 Å². The predicted molar refractivity (Wildman–Crippen MR) is 73.0 cm³/mol. The first-order valence-corrected chi connectivity index (χ1v) is 6.15. The number of rotatable bonds is 2. The number of phenolic OH excluding ortho intramolecular Hbond substituents is 1. The molecule has 0 unspecified atom stereocenters. The summed E-state index contributed by atoms with van der Waals surface area (Å²) >= 11 is 9.10. The van der Waals surface area contributed by atoms with Crippen molar-refractivity contribution in [3.8, 4) is 5.75 Å². The molecule has 1 amide bonds. The molecule has 1 heterocycles. The first-order chi connectivity index (χ1) is 8.56. The van der Waals surface area contributed by atoms with Crippen LogP contribution in [0.15, 0.2) is 41.0 Å². The highest BCUT2D eigenvalue weighted by molar-refractivity contribution is 9.10. The van der Waals surface area contributed by atoms with Crippen LogP contribution in [-0.2, 0) is 0 Å². The Balaban J connectivity index is 2.24. The Kier molecular flexibility index (Phi) is 3.84. The quantitative estimate of drug-likeness (QED) is 0.830. The number of halogens is 2. The van der Waals surface area contributed by atoms with Crippen LogP contribution in [0, 0.1) is 0 Å². The van der Waals surface area contributed by atoms with Crippen LogP contribution in [-0.4, -0.2) is 16.0 Å². The molecular weight excluding hydrogens is 320 g/mol. The maximum absolute atomic E-state index is 11.9. The number of anilines is 1. The average molecular weight is 328 g/mol. The second-order valence-electron chi connectivity index (χ2n) is 3.50. The van der Waals surface area contributed by atoms with E-state index < -0.39 is 0 Å². The number of hydrogen-bond acceptors (Lipinski definition) is 3. The van der Waals surface area contributed by atoms with E-state index in [0.29, 0.717) is 15.7 Å². The van der Waals surface area contributed by atoms with E-state index in [1.165, 1.54) is 18.3 Å². The third kappa shape index (κ3) is 3.00. The van der Waals surface area contributed by atoms with Crippen molar-refractivity contribution >= 4 is 39.1 Å². The molecule has 0 aliphatic rings. The number of carbonyl (C=O) groups is 1. The van der Waals surface area contributed by atoms with E-state index in [4.69, 9.17) is 11.6 Å². The molecule has 0 aliphatic carbocycles. The van der Waals surface area contributed by atoms with Crippen LogP contribution in [0.5, 0.6) is 5.75 Å². The van der Waals surface area contributed by atoms with E-state index in [0.717, 1.165) is 0 Å². The molecule has 0 atom stereocenters. The highest BCUT2D eigenvalue weighted by atomic mass is 79.9. The van der Waals surface area contributed by atoms with Gasteiger partial charge in [-0.15, -0.1) is 0 Å². The smallest absolute Gasteiger partial charge is 0.255 e. The van der Waals surface area contributed by atoms with Gasteiger partial charge >= 0.3 is 0 Å². The molecule has 0 saturated carbocycles. The van der Waals surface area contributed by atoms with Gasteiger partial charge in [-0.1, -0.05) is 17.7 Å². The third-order valence-corrected chi connectivity index (χ3v) is 2.90. The Bertz CT molecular complexity index is 604. The van der Waals surface area contributed by atoms with Gasteiger partial charge in [-0.3, -0.25) is 4.79 Å². The summed E-state index contributed by atoms with van der Waals surface area (Å²) < 4.78 is 0.707. The Morgan fingerprint density at radius 2 is 2.17 bits per heavy atom. The number of nitrogens with zero attached hydrogens (tertiary/aromatic N) is 1. The highest BCUT2D eigenvalue weighted by Crippen LogP contribution is 2.23. The summed E-state index contributed by atoms with van der Waals surface area (Å²) in [7, 11) is 0. The minimum Gasteiger partial charge on any atom is -0.508 e. The largest absolute Gasteiger partial charge is 0.508 e. The lowest BCUT2D eigenvalue weighted by Gasteiger charge is -2.07. The van der Waals surface area contributed by atoms with Crippen LogP contribution in [0.25, 0.3) is 0 Å². The number of phenols is 1. The molecule has 0 bridgehead atoms. The third-order valence-electron chi connectivity index (χ3n) is 2.16. The number of nitrogens with one attached hydrogen (secondary N) is 1. The molecule has 0 saturated heterocycles. The Morgan fingerprint density at radius 1 is 1.39 bits per heavy atom. The molecule has 2 rings (SSSR count). The summed E-state index contributed by atoms with van der Waals surface area (Å²) in [6.07, 6.45) is 1.53. The van der Waals surface area contributed by atoms with Gasteiger partial charge in [0.05, 0.1) is 5.69 Å². The molecule has 18 heavy (non-hydrogen) atoms. The van der Waals surface area contributed by atoms with Gasteiger partial charge in [0, 0.05) is 16.2 Å².